The monoisotopic (exact) mass is 302 g/mol. The van der Waals surface area contributed by atoms with Crippen LogP contribution in [0.15, 0.2) is 47.6 Å². The predicted molar refractivity (Wildman–Crippen MR) is 90.2 cm³/mol. The topological polar surface area (TPSA) is 58.2 Å². The summed E-state index contributed by atoms with van der Waals surface area (Å²) >= 11 is 0. The standard InChI is InChI=1S/C18H26N2O2/c1-17(2,3)19-15(21)13-11-9-7-8-10-12-14(13)16(22)20-18(4,5)6/h7-12H,1-6H3,(H,19,21)(H,20,22)/b8-7-,9-7?,10-8?,11-9-,12-10-,13-11?,14-12?,14-13-. The van der Waals surface area contributed by atoms with Crippen LogP contribution >= 0.6 is 0 Å². The Bertz CT molecular complexity index is 515. The second-order valence-electron chi connectivity index (χ2n) is 7.34. The number of nitrogens with one attached hydrogen (secondary N) is 2. The summed E-state index contributed by atoms with van der Waals surface area (Å²) in [6.07, 6.45) is 10.5. The number of carbonyl (C=O) groups excluding carboxylic acids is 2. The van der Waals surface area contributed by atoms with Crippen LogP contribution in [-0.4, -0.2) is 22.9 Å². The summed E-state index contributed by atoms with van der Waals surface area (Å²) in [6.45, 7) is 11.4. The molecule has 4 heteroatoms. The average molecular weight is 302 g/mol. The van der Waals surface area contributed by atoms with E-state index in [-0.39, 0.29) is 22.9 Å². The molecule has 4 nitrogen and oxygen atoms in total. The summed E-state index contributed by atoms with van der Waals surface area (Å²) in [5, 5.41) is 5.80. The minimum absolute atomic E-state index is 0.261. The number of amides is 2. The van der Waals surface area contributed by atoms with Gasteiger partial charge in [-0.1, -0.05) is 24.3 Å². The van der Waals surface area contributed by atoms with E-state index in [1.165, 1.54) is 0 Å². The van der Waals surface area contributed by atoms with Crippen molar-refractivity contribution in [3.8, 4) is 0 Å². The summed E-state index contributed by atoms with van der Waals surface area (Å²) < 4.78 is 0. The summed E-state index contributed by atoms with van der Waals surface area (Å²) in [7, 11) is 0. The number of rotatable bonds is 2. The highest BCUT2D eigenvalue weighted by Crippen LogP contribution is 2.15. The highest BCUT2D eigenvalue weighted by atomic mass is 16.2. The van der Waals surface area contributed by atoms with E-state index in [4.69, 9.17) is 0 Å². The summed E-state index contributed by atoms with van der Waals surface area (Å²) in [5.74, 6) is -0.523. The Kier molecular flexibility index (Phi) is 5.53. The first-order valence-electron chi connectivity index (χ1n) is 7.40. The molecule has 0 saturated heterocycles. The molecule has 1 aliphatic carbocycles. The van der Waals surface area contributed by atoms with Crippen molar-refractivity contribution in [1.29, 1.82) is 0 Å². The molecule has 0 spiro atoms. The quantitative estimate of drug-likeness (QED) is 0.824. The SMILES string of the molecule is CC(C)(C)NC(=O)C1=C(C(=O)NC(C)(C)C)/C=C\C=C/C=C\1. The van der Waals surface area contributed by atoms with E-state index >= 15 is 0 Å². The van der Waals surface area contributed by atoms with Crippen molar-refractivity contribution in [2.75, 3.05) is 0 Å². The molecule has 0 unspecified atom stereocenters. The lowest BCUT2D eigenvalue weighted by Crippen LogP contribution is -2.44. The van der Waals surface area contributed by atoms with E-state index in [0.717, 1.165) is 0 Å². The van der Waals surface area contributed by atoms with Crippen LogP contribution in [0.1, 0.15) is 41.5 Å². The number of carbonyl (C=O) groups is 2. The van der Waals surface area contributed by atoms with Crippen molar-refractivity contribution < 1.29 is 9.59 Å². The van der Waals surface area contributed by atoms with Gasteiger partial charge < -0.3 is 10.6 Å². The molecular weight excluding hydrogens is 276 g/mol. The molecule has 2 amide bonds. The van der Waals surface area contributed by atoms with E-state index in [9.17, 15) is 9.59 Å². The molecule has 2 N–H and O–H groups in total. The maximum absolute atomic E-state index is 12.5. The molecular formula is C18H26N2O2. The van der Waals surface area contributed by atoms with Gasteiger partial charge in [0.2, 0.25) is 0 Å². The van der Waals surface area contributed by atoms with Gasteiger partial charge in [0.05, 0.1) is 11.1 Å². The fourth-order valence-corrected chi connectivity index (χ4v) is 1.82. The maximum atomic E-state index is 12.5. The number of hydrogen-bond donors (Lipinski definition) is 2. The third-order valence-corrected chi connectivity index (χ3v) is 2.62. The smallest absolute Gasteiger partial charge is 0.252 e. The van der Waals surface area contributed by atoms with Gasteiger partial charge in [-0.25, -0.2) is 0 Å². The molecule has 0 radical (unpaired) electrons. The van der Waals surface area contributed by atoms with Crippen LogP contribution in [0.25, 0.3) is 0 Å². The van der Waals surface area contributed by atoms with Gasteiger partial charge in [0.1, 0.15) is 0 Å². The maximum Gasteiger partial charge on any atom is 0.252 e. The predicted octanol–water partition coefficient (Wildman–Crippen LogP) is 2.79. The fraction of sp³-hybridized carbons (Fsp3) is 0.444. The van der Waals surface area contributed by atoms with Crippen molar-refractivity contribution in [1.82, 2.24) is 10.6 Å². The lowest BCUT2D eigenvalue weighted by atomic mass is 10.00. The second kappa shape index (κ2) is 6.77. The third-order valence-electron chi connectivity index (χ3n) is 2.62. The average Bonchev–Trinajstić information content (AvgIpc) is 2.22. The molecule has 0 aliphatic heterocycles. The Hall–Kier alpha value is -2.10. The molecule has 1 aliphatic rings. The van der Waals surface area contributed by atoms with Crippen LogP contribution < -0.4 is 10.6 Å². The molecule has 0 fully saturated rings. The van der Waals surface area contributed by atoms with E-state index < -0.39 is 0 Å². The zero-order valence-electron chi connectivity index (χ0n) is 14.3. The molecule has 0 saturated carbocycles. The van der Waals surface area contributed by atoms with E-state index in [0.29, 0.717) is 11.1 Å². The minimum Gasteiger partial charge on any atom is -0.347 e. The zero-order chi connectivity index (χ0) is 17.0. The van der Waals surface area contributed by atoms with Gasteiger partial charge in [0.15, 0.2) is 0 Å². The first-order valence-corrected chi connectivity index (χ1v) is 7.40. The van der Waals surface area contributed by atoms with Gasteiger partial charge in [0.25, 0.3) is 11.8 Å². The lowest BCUT2D eigenvalue weighted by molar-refractivity contribution is -0.121. The molecule has 120 valence electrons. The van der Waals surface area contributed by atoms with Crippen LogP contribution in [0, 0.1) is 0 Å². The molecule has 0 aromatic carbocycles. The summed E-state index contributed by atoms with van der Waals surface area (Å²) in [6, 6.07) is 0. The highest BCUT2D eigenvalue weighted by molar-refractivity contribution is 6.08. The van der Waals surface area contributed by atoms with E-state index in [1.807, 2.05) is 53.7 Å². The largest absolute Gasteiger partial charge is 0.347 e. The van der Waals surface area contributed by atoms with Crippen molar-refractivity contribution in [3.05, 3.63) is 47.6 Å². The van der Waals surface area contributed by atoms with Crippen LogP contribution in [0.4, 0.5) is 0 Å². The molecule has 0 aromatic rings. The van der Waals surface area contributed by atoms with Crippen molar-refractivity contribution in [2.24, 2.45) is 0 Å². The van der Waals surface area contributed by atoms with Gasteiger partial charge in [-0.2, -0.15) is 0 Å². The van der Waals surface area contributed by atoms with Gasteiger partial charge in [-0.05, 0) is 53.7 Å². The van der Waals surface area contributed by atoms with Gasteiger partial charge >= 0.3 is 0 Å². The van der Waals surface area contributed by atoms with Gasteiger partial charge in [-0.3, -0.25) is 9.59 Å². The van der Waals surface area contributed by atoms with Crippen molar-refractivity contribution in [3.63, 3.8) is 0 Å². The third kappa shape index (κ3) is 6.12. The molecule has 1 rings (SSSR count). The summed E-state index contributed by atoms with van der Waals surface area (Å²) in [4.78, 5) is 25.0. The minimum atomic E-state index is -0.370. The Morgan fingerprint density at radius 1 is 0.682 bits per heavy atom. The Morgan fingerprint density at radius 2 is 1.00 bits per heavy atom. The normalized spacial score (nSPS) is 23.0. The second-order valence-corrected chi connectivity index (χ2v) is 7.34. The van der Waals surface area contributed by atoms with Crippen LogP contribution in [-0.2, 0) is 9.59 Å². The molecule has 0 heterocycles. The van der Waals surface area contributed by atoms with Gasteiger partial charge in [0, 0.05) is 11.1 Å². The Morgan fingerprint density at radius 3 is 1.27 bits per heavy atom. The fourth-order valence-electron chi connectivity index (χ4n) is 1.82. The molecule has 0 atom stereocenters. The van der Waals surface area contributed by atoms with Gasteiger partial charge in [-0.15, -0.1) is 0 Å². The van der Waals surface area contributed by atoms with Crippen LogP contribution in [0.3, 0.4) is 0 Å². The van der Waals surface area contributed by atoms with Crippen molar-refractivity contribution in [2.45, 2.75) is 52.6 Å². The first-order chi connectivity index (χ1) is 9.99. The van der Waals surface area contributed by atoms with Crippen molar-refractivity contribution >= 4 is 11.8 Å². The van der Waals surface area contributed by atoms with Crippen LogP contribution in [0.2, 0.25) is 0 Å². The Balaban J connectivity index is 3.23. The lowest BCUT2D eigenvalue weighted by Gasteiger charge is -2.24. The van der Waals surface area contributed by atoms with Crippen LogP contribution in [0.5, 0.6) is 0 Å². The number of allylic oxidation sites excluding steroid dienone is 4. The summed E-state index contributed by atoms with van der Waals surface area (Å²) in [5.41, 5.74) is -0.0220. The highest BCUT2D eigenvalue weighted by Gasteiger charge is 2.23. The first kappa shape index (κ1) is 18.0. The van der Waals surface area contributed by atoms with E-state index in [1.54, 1.807) is 24.3 Å². The number of hydrogen-bond acceptors (Lipinski definition) is 2. The molecule has 22 heavy (non-hydrogen) atoms. The zero-order valence-corrected chi connectivity index (χ0v) is 14.3. The Labute approximate surface area is 133 Å². The molecule has 0 bridgehead atoms. The molecule has 0 aromatic heterocycles. The van der Waals surface area contributed by atoms with E-state index in [2.05, 4.69) is 10.6 Å².